The third-order valence-electron chi connectivity index (χ3n) is 2.38. The van der Waals surface area contributed by atoms with Gasteiger partial charge in [-0.1, -0.05) is 37.6 Å². The van der Waals surface area contributed by atoms with Crippen LogP contribution in [0.5, 0.6) is 0 Å². The average molecular weight is 212 g/mol. The van der Waals surface area contributed by atoms with E-state index in [0.29, 0.717) is 18.4 Å². The summed E-state index contributed by atoms with van der Waals surface area (Å²) >= 11 is 5.83. The summed E-state index contributed by atoms with van der Waals surface area (Å²) in [6.07, 6.45) is 1.14. The smallest absolute Gasteiger partial charge is 0.0406 e. The van der Waals surface area contributed by atoms with Crippen molar-refractivity contribution in [1.82, 2.24) is 0 Å². The van der Waals surface area contributed by atoms with E-state index in [-0.39, 0.29) is 0 Å². The van der Waals surface area contributed by atoms with Crippen LogP contribution in [0.15, 0.2) is 24.3 Å². The van der Waals surface area contributed by atoms with Crippen LogP contribution in [0.4, 0.5) is 0 Å². The highest BCUT2D eigenvalue weighted by atomic mass is 35.5. The molecule has 0 aliphatic carbocycles. The molecule has 0 heterocycles. The van der Waals surface area contributed by atoms with E-state index in [1.54, 1.807) is 0 Å². The van der Waals surface area contributed by atoms with E-state index in [2.05, 4.69) is 26.0 Å². The van der Waals surface area contributed by atoms with Gasteiger partial charge in [-0.2, -0.15) is 0 Å². The monoisotopic (exact) mass is 211 g/mol. The van der Waals surface area contributed by atoms with Crippen LogP contribution in [0.1, 0.15) is 31.7 Å². The lowest BCUT2D eigenvalue weighted by Crippen LogP contribution is -2.14. The van der Waals surface area contributed by atoms with Crippen LogP contribution in [0.2, 0.25) is 5.02 Å². The van der Waals surface area contributed by atoms with E-state index in [9.17, 15) is 0 Å². The molecule has 78 valence electrons. The molecule has 14 heavy (non-hydrogen) atoms. The molecular weight excluding hydrogens is 194 g/mol. The number of benzene rings is 1. The van der Waals surface area contributed by atoms with Crippen molar-refractivity contribution in [3.8, 4) is 0 Å². The van der Waals surface area contributed by atoms with Crippen molar-refractivity contribution in [2.75, 3.05) is 6.54 Å². The van der Waals surface area contributed by atoms with Gasteiger partial charge in [0.15, 0.2) is 0 Å². The summed E-state index contributed by atoms with van der Waals surface area (Å²) in [5.74, 6) is 1.14. The van der Waals surface area contributed by atoms with E-state index >= 15 is 0 Å². The minimum atomic E-state index is 0.465. The third kappa shape index (κ3) is 3.32. The maximum Gasteiger partial charge on any atom is 0.0406 e. The molecule has 0 unspecified atom stereocenters. The van der Waals surface area contributed by atoms with Crippen LogP contribution in [0.25, 0.3) is 0 Å². The van der Waals surface area contributed by atoms with Crippen LogP contribution in [0.3, 0.4) is 0 Å². The summed E-state index contributed by atoms with van der Waals surface area (Å²) in [6.45, 7) is 5.15. The molecule has 0 fully saturated rings. The lowest BCUT2D eigenvalue weighted by Gasteiger charge is -2.17. The Morgan fingerprint density at radius 2 is 1.79 bits per heavy atom. The molecular formula is C12H18ClN. The molecule has 2 heteroatoms. The van der Waals surface area contributed by atoms with Crippen LogP contribution in [-0.4, -0.2) is 6.54 Å². The van der Waals surface area contributed by atoms with Crippen molar-refractivity contribution in [1.29, 1.82) is 0 Å². The fraction of sp³-hybridized carbons (Fsp3) is 0.500. The Bertz CT molecular complexity index is 266. The highest BCUT2D eigenvalue weighted by molar-refractivity contribution is 6.30. The second-order valence-electron chi connectivity index (χ2n) is 4.11. The second-order valence-corrected chi connectivity index (χ2v) is 4.55. The summed E-state index contributed by atoms with van der Waals surface area (Å²) in [7, 11) is 0. The van der Waals surface area contributed by atoms with Gasteiger partial charge >= 0.3 is 0 Å². The fourth-order valence-corrected chi connectivity index (χ4v) is 1.80. The van der Waals surface area contributed by atoms with E-state index in [1.807, 2.05) is 12.1 Å². The Morgan fingerprint density at radius 3 is 2.21 bits per heavy atom. The summed E-state index contributed by atoms with van der Waals surface area (Å²) < 4.78 is 0. The van der Waals surface area contributed by atoms with E-state index < -0.39 is 0 Å². The lowest BCUT2D eigenvalue weighted by atomic mass is 9.90. The standard InChI is InChI=1S/C12H18ClN/c1-9(2)7-11(8-14)10-3-5-12(13)6-4-10/h3-6,9,11H,7-8,14H2,1-2H3/t11-/m1/s1. The Hall–Kier alpha value is -0.530. The van der Waals surface area contributed by atoms with Gasteiger partial charge in [0.25, 0.3) is 0 Å². The van der Waals surface area contributed by atoms with Gasteiger partial charge in [0.1, 0.15) is 0 Å². The van der Waals surface area contributed by atoms with Crippen LogP contribution < -0.4 is 5.73 Å². The molecule has 0 radical (unpaired) electrons. The molecule has 0 bridgehead atoms. The molecule has 2 N–H and O–H groups in total. The van der Waals surface area contributed by atoms with Crippen molar-refractivity contribution >= 4 is 11.6 Å². The van der Waals surface area contributed by atoms with Gasteiger partial charge < -0.3 is 5.73 Å². The molecule has 0 aliphatic heterocycles. The molecule has 1 atom stereocenters. The van der Waals surface area contributed by atoms with E-state index in [1.165, 1.54) is 5.56 Å². The molecule has 0 saturated carbocycles. The highest BCUT2D eigenvalue weighted by Crippen LogP contribution is 2.23. The zero-order valence-electron chi connectivity index (χ0n) is 8.83. The van der Waals surface area contributed by atoms with Gasteiger partial charge in [-0.15, -0.1) is 0 Å². The molecule has 0 amide bonds. The van der Waals surface area contributed by atoms with Gasteiger partial charge in [-0.05, 0) is 42.5 Å². The quantitative estimate of drug-likeness (QED) is 0.812. The highest BCUT2D eigenvalue weighted by Gasteiger charge is 2.11. The number of nitrogens with two attached hydrogens (primary N) is 1. The van der Waals surface area contributed by atoms with Gasteiger partial charge in [-0.25, -0.2) is 0 Å². The first-order chi connectivity index (χ1) is 6.63. The molecule has 1 rings (SSSR count). The van der Waals surface area contributed by atoms with Crippen LogP contribution in [0, 0.1) is 5.92 Å². The van der Waals surface area contributed by atoms with Gasteiger partial charge in [0.05, 0.1) is 0 Å². The predicted octanol–water partition coefficient (Wildman–Crippen LogP) is 3.43. The van der Waals surface area contributed by atoms with Crippen LogP contribution in [-0.2, 0) is 0 Å². The van der Waals surface area contributed by atoms with Gasteiger partial charge in [0, 0.05) is 5.02 Å². The number of halogens is 1. The zero-order chi connectivity index (χ0) is 10.6. The number of hydrogen-bond acceptors (Lipinski definition) is 1. The molecule has 1 aromatic rings. The summed E-state index contributed by atoms with van der Waals surface area (Å²) in [5.41, 5.74) is 7.06. The second kappa shape index (κ2) is 5.38. The molecule has 0 saturated heterocycles. The number of rotatable bonds is 4. The van der Waals surface area contributed by atoms with Crippen molar-refractivity contribution in [2.24, 2.45) is 11.7 Å². The van der Waals surface area contributed by atoms with Crippen molar-refractivity contribution in [2.45, 2.75) is 26.2 Å². The maximum absolute atomic E-state index is 5.83. The predicted molar refractivity (Wildman–Crippen MR) is 62.7 cm³/mol. The number of hydrogen-bond donors (Lipinski definition) is 1. The molecule has 0 aliphatic rings. The lowest BCUT2D eigenvalue weighted by molar-refractivity contribution is 0.504. The van der Waals surface area contributed by atoms with Crippen molar-refractivity contribution in [3.05, 3.63) is 34.9 Å². The normalized spacial score (nSPS) is 13.2. The Morgan fingerprint density at radius 1 is 1.21 bits per heavy atom. The Labute approximate surface area is 91.3 Å². The molecule has 0 spiro atoms. The van der Waals surface area contributed by atoms with Crippen molar-refractivity contribution < 1.29 is 0 Å². The van der Waals surface area contributed by atoms with E-state index in [4.69, 9.17) is 17.3 Å². The maximum atomic E-state index is 5.83. The topological polar surface area (TPSA) is 26.0 Å². The minimum absolute atomic E-state index is 0.465. The summed E-state index contributed by atoms with van der Waals surface area (Å²) in [6, 6.07) is 8.00. The first kappa shape index (κ1) is 11.5. The molecule has 1 aromatic carbocycles. The van der Waals surface area contributed by atoms with Gasteiger partial charge in [0.2, 0.25) is 0 Å². The SMILES string of the molecule is CC(C)C[C@H](CN)c1ccc(Cl)cc1. The first-order valence-corrected chi connectivity index (χ1v) is 5.46. The zero-order valence-corrected chi connectivity index (χ0v) is 9.59. The fourth-order valence-electron chi connectivity index (χ4n) is 1.67. The largest absolute Gasteiger partial charge is 0.330 e. The van der Waals surface area contributed by atoms with Crippen LogP contribution >= 0.6 is 11.6 Å². The first-order valence-electron chi connectivity index (χ1n) is 5.09. The molecule has 0 aromatic heterocycles. The summed E-state index contributed by atoms with van der Waals surface area (Å²) in [5, 5.41) is 0.786. The summed E-state index contributed by atoms with van der Waals surface area (Å²) in [4.78, 5) is 0. The molecule has 1 nitrogen and oxygen atoms in total. The Kier molecular flexibility index (Phi) is 4.43. The average Bonchev–Trinajstić information content (AvgIpc) is 2.15. The Balaban J connectivity index is 2.73. The van der Waals surface area contributed by atoms with Gasteiger partial charge in [-0.3, -0.25) is 0 Å². The van der Waals surface area contributed by atoms with E-state index in [0.717, 1.165) is 11.4 Å². The third-order valence-corrected chi connectivity index (χ3v) is 2.63. The van der Waals surface area contributed by atoms with Crippen molar-refractivity contribution in [3.63, 3.8) is 0 Å². The minimum Gasteiger partial charge on any atom is -0.330 e.